The molecule has 0 aromatic rings. The molecular weight excluding hydrogens is 180 g/mol. The van der Waals surface area contributed by atoms with Crippen LogP contribution in [0.4, 0.5) is 0 Å². The number of carbonyl (C=O) groups is 1. The minimum absolute atomic E-state index is 0.151. The average Bonchev–Trinajstić information content (AvgIpc) is 2.25. The highest BCUT2D eigenvalue weighted by Crippen LogP contribution is 2.09. The first-order valence-electron chi connectivity index (χ1n) is 5.44. The Bertz CT molecular complexity index is 168. The van der Waals surface area contributed by atoms with Gasteiger partial charge in [0.15, 0.2) is 0 Å². The SMILES string of the molecule is O=C(NCCCCO)[C@@H]1CCCNC1. The van der Waals surface area contributed by atoms with Crippen LogP contribution < -0.4 is 10.6 Å². The Kier molecular flexibility index (Phi) is 5.56. The Morgan fingerprint density at radius 2 is 2.36 bits per heavy atom. The maximum Gasteiger partial charge on any atom is 0.224 e. The number of amides is 1. The molecule has 1 aliphatic heterocycles. The van der Waals surface area contributed by atoms with Crippen LogP contribution in [0.1, 0.15) is 25.7 Å². The van der Waals surface area contributed by atoms with Gasteiger partial charge in [-0.1, -0.05) is 0 Å². The summed E-state index contributed by atoms with van der Waals surface area (Å²) in [6.45, 7) is 2.75. The van der Waals surface area contributed by atoms with Crippen molar-refractivity contribution in [2.24, 2.45) is 5.92 Å². The van der Waals surface area contributed by atoms with Crippen LogP contribution >= 0.6 is 0 Å². The van der Waals surface area contributed by atoms with Crippen molar-refractivity contribution in [3.63, 3.8) is 0 Å². The highest BCUT2D eigenvalue weighted by molar-refractivity contribution is 5.78. The first-order chi connectivity index (χ1) is 6.84. The number of hydrogen-bond donors (Lipinski definition) is 3. The third-order valence-corrected chi connectivity index (χ3v) is 2.55. The predicted octanol–water partition coefficient (Wildman–Crippen LogP) is -0.125. The van der Waals surface area contributed by atoms with Crippen molar-refractivity contribution in [1.82, 2.24) is 10.6 Å². The highest BCUT2D eigenvalue weighted by Gasteiger charge is 2.19. The quantitative estimate of drug-likeness (QED) is 0.542. The van der Waals surface area contributed by atoms with E-state index in [1.165, 1.54) is 0 Å². The molecule has 3 N–H and O–H groups in total. The van der Waals surface area contributed by atoms with E-state index in [4.69, 9.17) is 5.11 Å². The van der Waals surface area contributed by atoms with Gasteiger partial charge in [-0.2, -0.15) is 0 Å². The van der Waals surface area contributed by atoms with Crippen LogP contribution in [0.3, 0.4) is 0 Å². The second-order valence-corrected chi connectivity index (χ2v) is 3.77. The lowest BCUT2D eigenvalue weighted by Crippen LogP contribution is -2.40. The van der Waals surface area contributed by atoms with Gasteiger partial charge in [0.25, 0.3) is 0 Å². The topological polar surface area (TPSA) is 61.4 Å². The molecule has 0 spiro atoms. The van der Waals surface area contributed by atoms with E-state index in [1.807, 2.05) is 0 Å². The van der Waals surface area contributed by atoms with Crippen LogP contribution in [0, 0.1) is 5.92 Å². The zero-order valence-electron chi connectivity index (χ0n) is 8.59. The lowest BCUT2D eigenvalue weighted by molar-refractivity contribution is -0.125. The molecule has 1 atom stereocenters. The van der Waals surface area contributed by atoms with Crippen LogP contribution in [0.25, 0.3) is 0 Å². The van der Waals surface area contributed by atoms with Crippen LogP contribution in [0.15, 0.2) is 0 Å². The van der Waals surface area contributed by atoms with Gasteiger partial charge in [-0.15, -0.1) is 0 Å². The summed E-state index contributed by atoms with van der Waals surface area (Å²) < 4.78 is 0. The maximum atomic E-state index is 11.5. The van der Waals surface area contributed by atoms with Crippen LogP contribution in [-0.4, -0.2) is 37.3 Å². The average molecular weight is 200 g/mol. The molecule has 1 aliphatic rings. The fraction of sp³-hybridized carbons (Fsp3) is 0.900. The largest absolute Gasteiger partial charge is 0.396 e. The normalized spacial score (nSPS) is 21.9. The number of hydrogen-bond acceptors (Lipinski definition) is 3. The summed E-state index contributed by atoms with van der Waals surface area (Å²) in [4.78, 5) is 11.5. The fourth-order valence-electron chi connectivity index (χ4n) is 1.67. The van der Waals surface area contributed by atoms with Crippen LogP contribution in [0.2, 0.25) is 0 Å². The van der Waals surface area contributed by atoms with Crippen LogP contribution in [0.5, 0.6) is 0 Å². The number of unbranched alkanes of at least 4 members (excludes halogenated alkanes) is 1. The molecule has 0 aliphatic carbocycles. The lowest BCUT2D eigenvalue weighted by Gasteiger charge is -2.21. The summed E-state index contributed by atoms with van der Waals surface area (Å²) in [6.07, 6.45) is 3.72. The van der Waals surface area contributed by atoms with Crippen molar-refractivity contribution >= 4 is 5.91 Å². The van der Waals surface area contributed by atoms with Gasteiger partial charge in [0.2, 0.25) is 5.91 Å². The summed E-state index contributed by atoms with van der Waals surface area (Å²) in [5.74, 6) is 0.313. The fourth-order valence-corrected chi connectivity index (χ4v) is 1.67. The van der Waals surface area contributed by atoms with E-state index in [9.17, 15) is 4.79 Å². The van der Waals surface area contributed by atoms with Gasteiger partial charge >= 0.3 is 0 Å². The van der Waals surface area contributed by atoms with E-state index >= 15 is 0 Å². The van der Waals surface area contributed by atoms with Crippen molar-refractivity contribution < 1.29 is 9.90 Å². The highest BCUT2D eigenvalue weighted by atomic mass is 16.2. The van der Waals surface area contributed by atoms with E-state index in [2.05, 4.69) is 10.6 Å². The van der Waals surface area contributed by atoms with Gasteiger partial charge in [0.05, 0.1) is 5.92 Å². The molecule has 0 aromatic heterocycles. The Morgan fingerprint density at radius 1 is 1.50 bits per heavy atom. The van der Waals surface area contributed by atoms with Gasteiger partial charge in [-0.3, -0.25) is 4.79 Å². The monoisotopic (exact) mass is 200 g/mol. The molecule has 0 unspecified atom stereocenters. The molecule has 82 valence electrons. The Morgan fingerprint density at radius 3 is 3.00 bits per heavy atom. The molecule has 4 nitrogen and oxygen atoms in total. The Balaban J connectivity index is 2.07. The van der Waals surface area contributed by atoms with E-state index in [1.54, 1.807) is 0 Å². The second kappa shape index (κ2) is 6.79. The third-order valence-electron chi connectivity index (χ3n) is 2.55. The molecule has 0 radical (unpaired) electrons. The van der Waals surface area contributed by atoms with Crippen LogP contribution in [-0.2, 0) is 4.79 Å². The number of nitrogens with one attached hydrogen (secondary N) is 2. The minimum Gasteiger partial charge on any atom is -0.396 e. The number of aliphatic hydroxyl groups is 1. The molecule has 1 rings (SSSR count). The predicted molar refractivity (Wildman–Crippen MR) is 54.9 cm³/mol. The van der Waals surface area contributed by atoms with Gasteiger partial charge < -0.3 is 15.7 Å². The molecule has 1 amide bonds. The maximum absolute atomic E-state index is 11.5. The summed E-state index contributed by atoms with van der Waals surface area (Å²) in [5, 5.41) is 14.7. The molecule has 0 saturated carbocycles. The smallest absolute Gasteiger partial charge is 0.224 e. The van der Waals surface area contributed by atoms with Crippen molar-refractivity contribution in [1.29, 1.82) is 0 Å². The zero-order chi connectivity index (χ0) is 10.2. The molecule has 1 fully saturated rings. The molecule has 1 heterocycles. The molecular formula is C10H20N2O2. The Labute approximate surface area is 85.1 Å². The van der Waals surface area contributed by atoms with E-state index in [0.717, 1.165) is 38.8 Å². The lowest BCUT2D eigenvalue weighted by atomic mass is 9.99. The van der Waals surface area contributed by atoms with Crippen molar-refractivity contribution in [3.05, 3.63) is 0 Å². The first-order valence-corrected chi connectivity index (χ1v) is 5.44. The summed E-state index contributed by atoms with van der Waals surface area (Å²) >= 11 is 0. The second-order valence-electron chi connectivity index (χ2n) is 3.77. The minimum atomic E-state index is 0.151. The first kappa shape index (κ1) is 11.5. The van der Waals surface area contributed by atoms with Gasteiger partial charge in [0.1, 0.15) is 0 Å². The summed E-state index contributed by atoms with van der Waals surface area (Å²) in [6, 6.07) is 0. The van der Waals surface area contributed by atoms with E-state index in [0.29, 0.717) is 6.54 Å². The number of aliphatic hydroxyl groups excluding tert-OH is 1. The van der Waals surface area contributed by atoms with Crippen molar-refractivity contribution in [2.45, 2.75) is 25.7 Å². The molecule has 1 saturated heterocycles. The zero-order valence-corrected chi connectivity index (χ0v) is 8.59. The van der Waals surface area contributed by atoms with E-state index in [-0.39, 0.29) is 18.4 Å². The third kappa shape index (κ3) is 4.07. The van der Waals surface area contributed by atoms with Crippen molar-refractivity contribution in [2.75, 3.05) is 26.2 Å². The standard InChI is InChI=1S/C10H20N2O2/c13-7-2-1-6-12-10(14)9-4-3-5-11-8-9/h9,11,13H,1-8H2,(H,12,14)/t9-/m1/s1. The number of carbonyl (C=O) groups excluding carboxylic acids is 1. The molecule has 14 heavy (non-hydrogen) atoms. The van der Waals surface area contributed by atoms with Gasteiger partial charge in [-0.05, 0) is 32.2 Å². The van der Waals surface area contributed by atoms with E-state index < -0.39 is 0 Å². The summed E-state index contributed by atoms with van der Waals surface area (Å²) in [7, 11) is 0. The molecule has 0 aromatic carbocycles. The number of rotatable bonds is 5. The number of piperidine rings is 1. The van der Waals surface area contributed by atoms with Gasteiger partial charge in [-0.25, -0.2) is 0 Å². The van der Waals surface area contributed by atoms with Gasteiger partial charge in [0, 0.05) is 19.7 Å². The Hall–Kier alpha value is -0.610. The van der Waals surface area contributed by atoms with Crippen molar-refractivity contribution in [3.8, 4) is 0 Å². The molecule has 0 bridgehead atoms. The summed E-state index contributed by atoms with van der Waals surface area (Å²) in [5.41, 5.74) is 0. The molecule has 4 heteroatoms.